The molecule has 0 fully saturated rings. The molecule has 1 N–H and O–H groups in total. The zero-order valence-corrected chi connectivity index (χ0v) is 23.7. The van der Waals surface area contributed by atoms with E-state index in [1.165, 1.54) is 51.0 Å². The maximum Gasteiger partial charge on any atom is 0.282 e. The Kier molecular flexibility index (Phi) is 15.7. The first-order chi connectivity index (χ1) is 18.5. The van der Waals surface area contributed by atoms with Crippen molar-refractivity contribution in [1.29, 1.82) is 0 Å². The minimum atomic E-state index is -0.868. The Morgan fingerprint density at radius 1 is 0.711 bits per heavy atom. The first-order valence-corrected chi connectivity index (χ1v) is 14.5. The Labute approximate surface area is 229 Å². The van der Waals surface area contributed by atoms with Gasteiger partial charge < -0.3 is 24.1 Å². The lowest BCUT2D eigenvalue weighted by Crippen LogP contribution is -2.39. The van der Waals surface area contributed by atoms with E-state index in [1.54, 1.807) is 24.3 Å². The number of phenols is 1. The van der Waals surface area contributed by atoms with Gasteiger partial charge in [0.15, 0.2) is 5.78 Å². The molecule has 0 bridgehead atoms. The van der Waals surface area contributed by atoms with E-state index in [0.29, 0.717) is 37.7 Å². The molecule has 2 rings (SSSR count). The fourth-order valence-electron chi connectivity index (χ4n) is 4.59. The number of hydrogen-bond acceptors (Lipinski definition) is 6. The Balaban J connectivity index is 1.50. The van der Waals surface area contributed by atoms with Gasteiger partial charge in [-0.1, -0.05) is 81.7 Å². The molecule has 0 aromatic heterocycles. The van der Waals surface area contributed by atoms with Crippen molar-refractivity contribution in [3.63, 3.8) is 0 Å². The van der Waals surface area contributed by atoms with Gasteiger partial charge in [0, 0.05) is 37.9 Å². The average Bonchev–Trinajstić information content (AvgIpc) is 2.92. The number of benzene rings is 2. The number of ether oxygens (including phenoxy) is 4. The van der Waals surface area contributed by atoms with E-state index < -0.39 is 5.97 Å². The molecule has 0 heterocycles. The van der Waals surface area contributed by atoms with Crippen LogP contribution in [0.1, 0.15) is 107 Å². The lowest BCUT2D eigenvalue weighted by atomic mass is 10.0. The van der Waals surface area contributed by atoms with Gasteiger partial charge in [0.25, 0.3) is 5.97 Å². The minimum absolute atomic E-state index is 0.0476. The molecule has 6 nitrogen and oxygen atoms in total. The molecule has 2 aromatic rings. The second-order valence-electron chi connectivity index (χ2n) is 9.49. The first kappa shape index (κ1) is 31.8. The monoisotopic (exact) mass is 528 g/mol. The van der Waals surface area contributed by atoms with Gasteiger partial charge >= 0.3 is 0 Å². The van der Waals surface area contributed by atoms with Gasteiger partial charge in [-0.3, -0.25) is 4.79 Å². The van der Waals surface area contributed by atoms with Crippen molar-refractivity contribution in [2.24, 2.45) is 0 Å². The standard InChI is InChI=1S/C32H48O6/c1-4-36-32(37-5-2,38-6-3)24-18-13-11-9-7-8-10-12-14-19-25-35-28-22-23-29(30(33)26-28)31(34)27-20-16-15-17-21-27/h15-17,20-23,26,33H,4-14,18-19,24-25H2,1-3H3. The largest absolute Gasteiger partial charge is 0.507 e. The van der Waals surface area contributed by atoms with Gasteiger partial charge in [-0.2, -0.15) is 0 Å². The highest BCUT2D eigenvalue weighted by molar-refractivity contribution is 6.10. The Morgan fingerprint density at radius 2 is 1.24 bits per heavy atom. The first-order valence-electron chi connectivity index (χ1n) is 14.5. The molecule has 0 amide bonds. The van der Waals surface area contributed by atoms with E-state index in [1.807, 2.05) is 39.0 Å². The number of aromatic hydroxyl groups is 1. The van der Waals surface area contributed by atoms with Crippen LogP contribution < -0.4 is 4.74 Å². The van der Waals surface area contributed by atoms with Crippen molar-refractivity contribution in [1.82, 2.24) is 0 Å². The zero-order valence-electron chi connectivity index (χ0n) is 23.7. The predicted octanol–water partition coefficient (Wildman–Crippen LogP) is 8.06. The maximum atomic E-state index is 12.5. The zero-order chi connectivity index (χ0) is 27.5. The molecule has 0 aliphatic heterocycles. The molecule has 0 unspecified atom stereocenters. The molecule has 0 aliphatic rings. The molecule has 2 aromatic carbocycles. The molecule has 0 atom stereocenters. The lowest BCUT2D eigenvalue weighted by molar-refractivity contribution is -0.380. The van der Waals surface area contributed by atoms with E-state index in [0.717, 1.165) is 25.7 Å². The smallest absolute Gasteiger partial charge is 0.282 e. The molecule has 38 heavy (non-hydrogen) atoms. The third-order valence-corrected chi connectivity index (χ3v) is 6.49. The van der Waals surface area contributed by atoms with Crippen molar-refractivity contribution in [3.8, 4) is 11.5 Å². The topological polar surface area (TPSA) is 74.2 Å². The third-order valence-electron chi connectivity index (χ3n) is 6.49. The van der Waals surface area contributed by atoms with Crippen LogP contribution in [0.25, 0.3) is 0 Å². The molecular weight excluding hydrogens is 480 g/mol. The van der Waals surface area contributed by atoms with Gasteiger partial charge in [-0.25, -0.2) is 0 Å². The molecule has 0 saturated heterocycles. The molecule has 0 saturated carbocycles. The summed E-state index contributed by atoms with van der Waals surface area (Å²) in [4.78, 5) is 12.5. The summed E-state index contributed by atoms with van der Waals surface area (Å²) in [6, 6.07) is 13.9. The number of unbranched alkanes of at least 4 members (excludes halogenated alkanes) is 9. The molecular formula is C32H48O6. The normalized spacial score (nSPS) is 11.6. The van der Waals surface area contributed by atoms with Crippen LogP contribution in [0.15, 0.2) is 48.5 Å². The molecule has 212 valence electrons. The summed E-state index contributed by atoms with van der Waals surface area (Å²) in [6.45, 7) is 8.28. The highest BCUT2D eigenvalue weighted by Crippen LogP contribution is 2.26. The minimum Gasteiger partial charge on any atom is -0.507 e. The van der Waals surface area contributed by atoms with Crippen LogP contribution in [-0.4, -0.2) is 43.3 Å². The summed E-state index contributed by atoms with van der Waals surface area (Å²) in [5.41, 5.74) is 0.846. The number of rotatable bonds is 22. The van der Waals surface area contributed by atoms with E-state index in [2.05, 4.69) is 0 Å². The van der Waals surface area contributed by atoms with Gasteiger partial charge in [0.1, 0.15) is 11.5 Å². The van der Waals surface area contributed by atoms with Crippen molar-refractivity contribution < 1.29 is 28.8 Å². The molecule has 0 aliphatic carbocycles. The number of carbonyl (C=O) groups excluding carboxylic acids is 1. The van der Waals surface area contributed by atoms with E-state index >= 15 is 0 Å². The Bertz CT molecular complexity index is 881. The highest BCUT2D eigenvalue weighted by Gasteiger charge is 2.31. The van der Waals surface area contributed by atoms with Crippen LogP contribution in [0.3, 0.4) is 0 Å². The summed E-state index contributed by atoms with van der Waals surface area (Å²) in [5, 5.41) is 10.3. The molecule has 6 heteroatoms. The number of phenolic OH excluding ortho intramolecular Hbond substituents is 1. The molecule has 0 radical (unpaired) electrons. The predicted molar refractivity (Wildman–Crippen MR) is 152 cm³/mol. The van der Waals surface area contributed by atoms with Crippen LogP contribution in [0.5, 0.6) is 11.5 Å². The summed E-state index contributed by atoms with van der Waals surface area (Å²) in [7, 11) is 0. The van der Waals surface area contributed by atoms with Crippen LogP contribution in [0.4, 0.5) is 0 Å². The number of hydrogen-bond donors (Lipinski definition) is 1. The fourth-order valence-corrected chi connectivity index (χ4v) is 4.59. The van der Waals surface area contributed by atoms with Gasteiger partial charge in [0.2, 0.25) is 0 Å². The molecule has 0 spiro atoms. The van der Waals surface area contributed by atoms with Gasteiger partial charge in [-0.05, 0) is 45.7 Å². The number of ketones is 1. The summed E-state index contributed by atoms with van der Waals surface area (Å²) < 4.78 is 23.2. The fraction of sp³-hybridized carbons (Fsp3) is 0.594. The van der Waals surface area contributed by atoms with Crippen molar-refractivity contribution in [2.45, 2.75) is 97.4 Å². The van der Waals surface area contributed by atoms with E-state index in [4.69, 9.17) is 18.9 Å². The van der Waals surface area contributed by atoms with Crippen molar-refractivity contribution in [2.75, 3.05) is 26.4 Å². The Morgan fingerprint density at radius 3 is 1.76 bits per heavy atom. The summed E-state index contributed by atoms with van der Waals surface area (Å²) >= 11 is 0. The summed E-state index contributed by atoms with van der Waals surface area (Å²) in [5.74, 6) is -0.518. The van der Waals surface area contributed by atoms with Crippen LogP contribution in [-0.2, 0) is 14.2 Å². The second-order valence-corrected chi connectivity index (χ2v) is 9.49. The second kappa shape index (κ2) is 18.8. The van der Waals surface area contributed by atoms with Crippen LogP contribution >= 0.6 is 0 Å². The van der Waals surface area contributed by atoms with Gasteiger partial charge in [0.05, 0.1) is 12.2 Å². The van der Waals surface area contributed by atoms with Crippen LogP contribution in [0, 0.1) is 0 Å². The van der Waals surface area contributed by atoms with E-state index in [9.17, 15) is 9.90 Å². The third kappa shape index (κ3) is 11.5. The SMILES string of the molecule is CCOC(CCCCCCCCCCCCOc1ccc(C(=O)c2ccccc2)c(O)c1)(OCC)OCC. The Hall–Kier alpha value is -2.41. The van der Waals surface area contributed by atoms with Gasteiger partial charge in [-0.15, -0.1) is 0 Å². The van der Waals surface area contributed by atoms with Crippen molar-refractivity contribution in [3.05, 3.63) is 59.7 Å². The van der Waals surface area contributed by atoms with E-state index in [-0.39, 0.29) is 17.1 Å². The van der Waals surface area contributed by atoms with Crippen molar-refractivity contribution >= 4 is 5.78 Å². The van der Waals surface area contributed by atoms with Crippen LogP contribution in [0.2, 0.25) is 0 Å². The quantitative estimate of drug-likeness (QED) is 0.0946. The highest BCUT2D eigenvalue weighted by atomic mass is 16.9. The maximum absolute atomic E-state index is 12.5. The average molecular weight is 529 g/mol. The number of carbonyl (C=O) groups is 1. The lowest BCUT2D eigenvalue weighted by Gasteiger charge is -2.32. The summed E-state index contributed by atoms with van der Waals surface area (Å²) in [6.07, 6.45) is 12.6.